The van der Waals surface area contributed by atoms with Gasteiger partial charge >= 0.3 is 6.03 Å². The maximum atomic E-state index is 12.3. The first kappa shape index (κ1) is 14.5. The molecule has 24 heavy (non-hydrogen) atoms. The number of allylic oxidation sites excluding steroid dienone is 1. The zero-order chi connectivity index (χ0) is 16.4. The fraction of sp³-hybridized carbons (Fsp3) is 0.158. The molecule has 1 aliphatic rings. The molecule has 5 nitrogen and oxygen atoms in total. The van der Waals surface area contributed by atoms with Gasteiger partial charge in [-0.3, -0.25) is 5.10 Å². The summed E-state index contributed by atoms with van der Waals surface area (Å²) < 4.78 is 0. The first-order chi connectivity index (χ1) is 11.8. The summed E-state index contributed by atoms with van der Waals surface area (Å²) >= 11 is 0. The molecule has 1 aromatic heterocycles. The minimum absolute atomic E-state index is 0.0405. The molecule has 4 rings (SSSR count). The van der Waals surface area contributed by atoms with Crippen LogP contribution in [0.3, 0.4) is 0 Å². The summed E-state index contributed by atoms with van der Waals surface area (Å²) in [5.41, 5.74) is 2.93. The Morgan fingerprint density at radius 3 is 2.83 bits per heavy atom. The number of aromatic amines is 1. The number of aromatic nitrogens is 2. The van der Waals surface area contributed by atoms with Crippen LogP contribution in [0.15, 0.2) is 66.9 Å². The van der Waals surface area contributed by atoms with Crippen LogP contribution in [-0.4, -0.2) is 22.3 Å². The Bertz CT molecular complexity index is 885. The van der Waals surface area contributed by atoms with E-state index >= 15 is 0 Å². The summed E-state index contributed by atoms with van der Waals surface area (Å²) in [4.78, 5) is 12.3. The topological polar surface area (TPSA) is 69.8 Å². The third kappa shape index (κ3) is 2.88. The fourth-order valence-corrected chi connectivity index (χ4v) is 3.16. The lowest BCUT2D eigenvalue weighted by Crippen LogP contribution is -2.36. The lowest BCUT2D eigenvalue weighted by atomic mass is 9.98. The number of hydrogen-bond donors (Lipinski definition) is 3. The zero-order valence-electron chi connectivity index (χ0n) is 13.1. The number of H-pyrrole nitrogens is 1. The van der Waals surface area contributed by atoms with E-state index in [1.807, 2.05) is 36.4 Å². The van der Waals surface area contributed by atoms with Crippen molar-refractivity contribution in [3.63, 3.8) is 0 Å². The Hall–Kier alpha value is -3.08. The third-order valence-corrected chi connectivity index (χ3v) is 4.36. The van der Waals surface area contributed by atoms with Gasteiger partial charge in [0.2, 0.25) is 0 Å². The van der Waals surface area contributed by atoms with Gasteiger partial charge in [0.25, 0.3) is 0 Å². The van der Waals surface area contributed by atoms with Crippen LogP contribution in [0.2, 0.25) is 0 Å². The van der Waals surface area contributed by atoms with Gasteiger partial charge in [-0.2, -0.15) is 5.10 Å². The van der Waals surface area contributed by atoms with Crippen LogP contribution in [0.1, 0.15) is 17.9 Å². The Kier molecular flexibility index (Phi) is 3.75. The highest BCUT2D eigenvalue weighted by Crippen LogP contribution is 2.28. The highest BCUT2D eigenvalue weighted by Gasteiger charge is 2.21. The quantitative estimate of drug-likeness (QED) is 0.643. The highest BCUT2D eigenvalue weighted by atomic mass is 16.2. The number of nitrogens with zero attached hydrogens (tertiary/aromatic N) is 1. The second kappa shape index (κ2) is 6.20. The van der Waals surface area contributed by atoms with Gasteiger partial charge < -0.3 is 10.6 Å². The molecule has 0 unspecified atom stereocenters. The van der Waals surface area contributed by atoms with E-state index in [1.54, 1.807) is 6.20 Å². The molecule has 120 valence electrons. The van der Waals surface area contributed by atoms with Gasteiger partial charge in [0, 0.05) is 17.3 Å². The van der Waals surface area contributed by atoms with E-state index in [0.717, 1.165) is 23.0 Å². The van der Waals surface area contributed by atoms with Crippen LogP contribution in [0.5, 0.6) is 0 Å². The predicted octanol–water partition coefficient (Wildman–Crippen LogP) is 3.80. The van der Waals surface area contributed by atoms with Crippen molar-refractivity contribution in [2.75, 3.05) is 5.32 Å². The van der Waals surface area contributed by atoms with E-state index in [4.69, 9.17) is 0 Å². The van der Waals surface area contributed by atoms with E-state index in [2.05, 4.69) is 45.1 Å². The molecule has 1 aliphatic carbocycles. The molecule has 3 aromatic rings. The Balaban J connectivity index is 1.39. The van der Waals surface area contributed by atoms with Crippen molar-refractivity contribution in [1.29, 1.82) is 0 Å². The first-order valence-electron chi connectivity index (χ1n) is 8.02. The van der Waals surface area contributed by atoms with Crippen LogP contribution in [0, 0.1) is 0 Å². The normalized spacial score (nSPS) is 19.5. The molecule has 1 heterocycles. The zero-order valence-corrected chi connectivity index (χ0v) is 13.1. The first-order valence-corrected chi connectivity index (χ1v) is 8.02. The van der Waals surface area contributed by atoms with E-state index in [0.29, 0.717) is 5.92 Å². The van der Waals surface area contributed by atoms with Crippen LogP contribution in [-0.2, 0) is 0 Å². The monoisotopic (exact) mass is 318 g/mol. The van der Waals surface area contributed by atoms with Crippen LogP contribution in [0.25, 0.3) is 10.9 Å². The summed E-state index contributed by atoms with van der Waals surface area (Å²) in [5.74, 6) is 0.355. The molecule has 0 saturated carbocycles. The number of benzene rings is 2. The summed E-state index contributed by atoms with van der Waals surface area (Å²) in [6.07, 6.45) is 6.83. The minimum atomic E-state index is -0.202. The van der Waals surface area contributed by atoms with Gasteiger partial charge in [-0.1, -0.05) is 48.6 Å². The van der Waals surface area contributed by atoms with Crippen LogP contribution < -0.4 is 10.6 Å². The number of hydrogen-bond acceptors (Lipinski definition) is 2. The van der Waals surface area contributed by atoms with Crippen molar-refractivity contribution in [3.05, 3.63) is 72.4 Å². The van der Waals surface area contributed by atoms with Gasteiger partial charge in [-0.15, -0.1) is 0 Å². The van der Waals surface area contributed by atoms with Gasteiger partial charge in [0.15, 0.2) is 0 Å². The number of nitrogens with one attached hydrogen (secondary N) is 3. The number of carbonyl (C=O) groups excluding carboxylic acids is 1. The van der Waals surface area contributed by atoms with Crippen molar-refractivity contribution in [3.8, 4) is 0 Å². The maximum absolute atomic E-state index is 12.3. The van der Waals surface area contributed by atoms with Crippen molar-refractivity contribution >= 4 is 22.6 Å². The predicted molar refractivity (Wildman–Crippen MR) is 95.0 cm³/mol. The average Bonchev–Trinajstić information content (AvgIpc) is 3.25. The number of amides is 2. The number of fused-ring (bicyclic) bond motifs is 1. The van der Waals surface area contributed by atoms with Gasteiger partial charge in [0.1, 0.15) is 0 Å². The van der Waals surface area contributed by atoms with Crippen LogP contribution >= 0.6 is 0 Å². The molecule has 5 heteroatoms. The molecule has 2 amide bonds. The molecule has 0 bridgehead atoms. The number of urea groups is 1. The van der Waals surface area contributed by atoms with Gasteiger partial charge in [0.05, 0.1) is 17.4 Å². The standard InChI is InChI=1S/C19H18N4O/c24-19(22-17-7-4-8-18-16(17)12-20-23-18)21-15-10-9-14(11-15)13-5-2-1-3-6-13/h1-10,12,14-15H,11H2,(H,20,23)(H2,21,22,24)/t14-,15+/m0/s1. The van der Waals surface area contributed by atoms with Gasteiger partial charge in [-0.25, -0.2) is 4.79 Å². The number of anilines is 1. The van der Waals surface area contributed by atoms with Crippen molar-refractivity contribution in [2.45, 2.75) is 18.4 Å². The van der Waals surface area contributed by atoms with Crippen molar-refractivity contribution < 1.29 is 4.79 Å². The average molecular weight is 318 g/mol. The molecular formula is C19H18N4O. The lowest BCUT2D eigenvalue weighted by molar-refractivity contribution is 0.250. The second-order valence-electron chi connectivity index (χ2n) is 5.98. The smallest absolute Gasteiger partial charge is 0.319 e. The Morgan fingerprint density at radius 2 is 1.96 bits per heavy atom. The second-order valence-corrected chi connectivity index (χ2v) is 5.98. The summed E-state index contributed by atoms with van der Waals surface area (Å²) in [6.45, 7) is 0. The molecule has 0 saturated heterocycles. The molecule has 3 N–H and O–H groups in total. The third-order valence-electron chi connectivity index (χ3n) is 4.36. The maximum Gasteiger partial charge on any atom is 0.319 e. The molecular weight excluding hydrogens is 300 g/mol. The lowest BCUT2D eigenvalue weighted by Gasteiger charge is -2.15. The van der Waals surface area contributed by atoms with Crippen molar-refractivity contribution in [1.82, 2.24) is 15.5 Å². The summed E-state index contributed by atoms with van der Waals surface area (Å²) in [6, 6.07) is 15.9. The summed E-state index contributed by atoms with van der Waals surface area (Å²) in [5, 5.41) is 13.7. The van der Waals surface area contributed by atoms with E-state index in [-0.39, 0.29) is 12.1 Å². The Morgan fingerprint density at radius 1 is 1.08 bits per heavy atom. The SMILES string of the molecule is O=C(Nc1cccc2[nH]ncc12)N[C@@H]1C=C[C@H](c2ccccc2)C1. The van der Waals surface area contributed by atoms with Crippen LogP contribution in [0.4, 0.5) is 10.5 Å². The van der Waals surface area contributed by atoms with E-state index in [9.17, 15) is 4.79 Å². The molecule has 0 fully saturated rings. The minimum Gasteiger partial charge on any atom is -0.332 e. The van der Waals surface area contributed by atoms with E-state index in [1.165, 1.54) is 5.56 Å². The molecule has 2 atom stereocenters. The van der Waals surface area contributed by atoms with Gasteiger partial charge in [-0.05, 0) is 24.1 Å². The molecule has 0 spiro atoms. The molecule has 0 radical (unpaired) electrons. The number of carbonyl (C=O) groups is 1. The molecule has 0 aliphatic heterocycles. The molecule has 2 aromatic carbocycles. The Labute approximate surface area is 139 Å². The highest BCUT2D eigenvalue weighted by molar-refractivity contribution is 6.00. The van der Waals surface area contributed by atoms with Crippen molar-refractivity contribution in [2.24, 2.45) is 0 Å². The number of rotatable bonds is 3. The summed E-state index contributed by atoms with van der Waals surface area (Å²) in [7, 11) is 0. The largest absolute Gasteiger partial charge is 0.332 e. The van der Waals surface area contributed by atoms with E-state index < -0.39 is 0 Å². The fourth-order valence-electron chi connectivity index (χ4n) is 3.16.